The monoisotopic (exact) mass is 357 g/mol. The van der Waals surface area contributed by atoms with Crippen LogP contribution in [-0.4, -0.2) is 48.2 Å². The second kappa shape index (κ2) is 6.38. The van der Waals surface area contributed by atoms with Gasteiger partial charge in [-0.3, -0.25) is 9.59 Å². The average molecular weight is 357 g/mol. The minimum atomic E-state index is -0.730. The summed E-state index contributed by atoms with van der Waals surface area (Å²) in [5.74, 6) is -0.537. The van der Waals surface area contributed by atoms with Crippen LogP contribution in [-0.2, 0) is 19.7 Å². The van der Waals surface area contributed by atoms with Crippen molar-refractivity contribution >= 4 is 11.9 Å². The average Bonchev–Trinajstić information content (AvgIpc) is 3.21. The molecule has 1 amide bonds. The molecule has 2 atom stereocenters. The molecule has 0 radical (unpaired) electrons. The van der Waals surface area contributed by atoms with Crippen LogP contribution < -0.4 is 0 Å². The number of amides is 1. The van der Waals surface area contributed by atoms with Crippen LogP contribution >= 0.6 is 0 Å². The first kappa shape index (κ1) is 17.5. The fraction of sp³-hybridized carbons (Fsp3) is 0.619. The second-order valence-electron chi connectivity index (χ2n) is 8.30. The van der Waals surface area contributed by atoms with Crippen LogP contribution in [0.4, 0.5) is 0 Å². The lowest BCUT2D eigenvalue weighted by Crippen LogP contribution is -2.50. The largest absolute Gasteiger partial charge is 0.481 e. The molecule has 0 bridgehead atoms. The highest BCUT2D eigenvalue weighted by Gasteiger charge is 2.58. The van der Waals surface area contributed by atoms with Crippen molar-refractivity contribution in [1.29, 1.82) is 0 Å². The molecule has 1 aromatic rings. The molecule has 1 aromatic carbocycles. The zero-order valence-electron chi connectivity index (χ0n) is 15.4. The van der Waals surface area contributed by atoms with E-state index in [1.54, 1.807) is 0 Å². The number of carbonyl (C=O) groups is 2. The molecule has 0 unspecified atom stereocenters. The maximum absolute atomic E-state index is 13.7. The van der Waals surface area contributed by atoms with Gasteiger partial charge in [0.05, 0.1) is 10.8 Å². The Morgan fingerprint density at radius 1 is 1.15 bits per heavy atom. The highest BCUT2D eigenvalue weighted by Crippen LogP contribution is 2.50. The normalized spacial score (nSPS) is 30.2. The van der Waals surface area contributed by atoms with E-state index >= 15 is 0 Å². The molecule has 0 spiro atoms. The van der Waals surface area contributed by atoms with Crippen LogP contribution in [0, 0.1) is 18.3 Å². The number of aliphatic carboxylic acids is 1. The molecule has 2 aliphatic heterocycles. The number of hydrogen-bond donors (Lipinski definition) is 1. The number of fused-ring (bicyclic) bond motifs is 1. The topological polar surface area (TPSA) is 66.8 Å². The molecule has 140 valence electrons. The lowest BCUT2D eigenvalue weighted by molar-refractivity contribution is -0.150. The van der Waals surface area contributed by atoms with Gasteiger partial charge in [-0.15, -0.1) is 0 Å². The van der Waals surface area contributed by atoms with Gasteiger partial charge in [0, 0.05) is 26.3 Å². The molecule has 5 nitrogen and oxygen atoms in total. The third kappa shape index (κ3) is 2.56. The molecule has 2 heterocycles. The Bertz CT molecular complexity index is 707. The first-order valence-electron chi connectivity index (χ1n) is 9.66. The Kier molecular flexibility index (Phi) is 4.30. The molecular weight excluding hydrogens is 330 g/mol. The first-order valence-corrected chi connectivity index (χ1v) is 9.66. The molecule has 1 N–H and O–H groups in total. The standard InChI is InChI=1S/C21H27NO4/c1-15-4-6-16(7-5-15)20(9-11-26-12-10-20)18(23)22-13-17-3-2-8-21(17,14-22)19(24)25/h4-7,17H,2-3,8-14H2,1H3,(H,24,25)/t17-,21+/m0/s1. The first-order chi connectivity index (χ1) is 12.5. The summed E-state index contributed by atoms with van der Waals surface area (Å²) in [6, 6.07) is 8.22. The summed E-state index contributed by atoms with van der Waals surface area (Å²) in [5, 5.41) is 9.84. The van der Waals surface area contributed by atoms with E-state index in [0.717, 1.165) is 18.4 Å². The van der Waals surface area contributed by atoms with Crippen LogP contribution in [0.15, 0.2) is 24.3 Å². The molecule has 26 heavy (non-hydrogen) atoms. The Morgan fingerprint density at radius 2 is 1.85 bits per heavy atom. The quantitative estimate of drug-likeness (QED) is 0.903. The second-order valence-corrected chi connectivity index (χ2v) is 8.30. The van der Waals surface area contributed by atoms with E-state index in [0.29, 0.717) is 45.6 Å². The number of benzene rings is 1. The number of ether oxygens (including phenoxy) is 1. The number of nitrogens with zero attached hydrogens (tertiary/aromatic N) is 1. The maximum atomic E-state index is 13.7. The molecule has 3 aliphatic rings. The van der Waals surface area contributed by atoms with Crippen molar-refractivity contribution in [2.75, 3.05) is 26.3 Å². The van der Waals surface area contributed by atoms with Crippen LogP contribution in [0.3, 0.4) is 0 Å². The van der Waals surface area contributed by atoms with Crippen LogP contribution in [0.1, 0.15) is 43.2 Å². The fourth-order valence-corrected chi connectivity index (χ4v) is 5.31. The molecular formula is C21H27NO4. The number of carboxylic acids is 1. The molecule has 1 saturated carbocycles. The fourth-order valence-electron chi connectivity index (χ4n) is 5.31. The Balaban J connectivity index is 1.66. The third-order valence-electron chi connectivity index (χ3n) is 6.94. The van der Waals surface area contributed by atoms with Crippen LogP contribution in [0.25, 0.3) is 0 Å². The van der Waals surface area contributed by atoms with Gasteiger partial charge in [-0.1, -0.05) is 36.2 Å². The van der Waals surface area contributed by atoms with E-state index in [2.05, 4.69) is 24.3 Å². The summed E-state index contributed by atoms with van der Waals surface area (Å²) in [6.45, 7) is 4.13. The summed E-state index contributed by atoms with van der Waals surface area (Å²) in [7, 11) is 0. The molecule has 5 heteroatoms. The SMILES string of the molecule is Cc1ccc(C2(C(=O)N3C[C@@H]4CCC[C@@]4(C(=O)O)C3)CCOCC2)cc1. The van der Waals surface area contributed by atoms with Gasteiger partial charge >= 0.3 is 5.97 Å². The van der Waals surface area contributed by atoms with E-state index in [1.807, 2.05) is 11.8 Å². The van der Waals surface area contributed by atoms with Crippen LogP contribution in [0.5, 0.6) is 0 Å². The number of aryl methyl sites for hydroxylation is 1. The highest BCUT2D eigenvalue weighted by molar-refractivity contribution is 5.90. The van der Waals surface area contributed by atoms with Crippen LogP contribution in [0.2, 0.25) is 0 Å². The van der Waals surface area contributed by atoms with Gasteiger partial charge < -0.3 is 14.7 Å². The summed E-state index contributed by atoms with van der Waals surface area (Å²) >= 11 is 0. The number of likely N-dealkylation sites (tertiary alicyclic amines) is 1. The lowest BCUT2D eigenvalue weighted by Gasteiger charge is -2.39. The minimum Gasteiger partial charge on any atom is -0.481 e. The van der Waals surface area contributed by atoms with Crippen molar-refractivity contribution in [2.45, 2.75) is 44.4 Å². The highest BCUT2D eigenvalue weighted by atomic mass is 16.5. The Labute approximate surface area is 154 Å². The predicted octanol–water partition coefficient (Wildman–Crippen LogP) is 2.76. The predicted molar refractivity (Wildman–Crippen MR) is 96.9 cm³/mol. The van der Waals surface area contributed by atoms with E-state index in [4.69, 9.17) is 4.74 Å². The van der Waals surface area contributed by atoms with Crippen molar-refractivity contribution in [3.63, 3.8) is 0 Å². The lowest BCUT2D eigenvalue weighted by atomic mass is 9.72. The Morgan fingerprint density at radius 3 is 2.46 bits per heavy atom. The maximum Gasteiger partial charge on any atom is 0.311 e. The van der Waals surface area contributed by atoms with Gasteiger partial charge in [0.1, 0.15) is 0 Å². The van der Waals surface area contributed by atoms with E-state index in [9.17, 15) is 14.7 Å². The summed E-state index contributed by atoms with van der Waals surface area (Å²) in [5.41, 5.74) is 0.904. The van der Waals surface area contributed by atoms with Crippen molar-refractivity contribution in [2.24, 2.45) is 11.3 Å². The van der Waals surface area contributed by atoms with E-state index in [1.165, 1.54) is 5.56 Å². The molecule has 3 fully saturated rings. The molecule has 2 saturated heterocycles. The van der Waals surface area contributed by atoms with Crippen molar-refractivity contribution in [3.8, 4) is 0 Å². The molecule has 0 aromatic heterocycles. The van der Waals surface area contributed by atoms with Crippen molar-refractivity contribution in [3.05, 3.63) is 35.4 Å². The number of carbonyl (C=O) groups excluding carboxylic acids is 1. The third-order valence-corrected chi connectivity index (χ3v) is 6.94. The van der Waals surface area contributed by atoms with Crippen molar-refractivity contribution < 1.29 is 19.4 Å². The van der Waals surface area contributed by atoms with E-state index < -0.39 is 16.8 Å². The van der Waals surface area contributed by atoms with Crippen molar-refractivity contribution in [1.82, 2.24) is 4.90 Å². The van der Waals surface area contributed by atoms with Gasteiger partial charge in [-0.25, -0.2) is 0 Å². The molecule has 1 aliphatic carbocycles. The summed E-state index contributed by atoms with van der Waals surface area (Å²) in [6.07, 6.45) is 3.89. The smallest absolute Gasteiger partial charge is 0.311 e. The summed E-state index contributed by atoms with van der Waals surface area (Å²) < 4.78 is 5.55. The molecule has 4 rings (SSSR count). The van der Waals surface area contributed by atoms with Gasteiger partial charge in [0.2, 0.25) is 5.91 Å². The number of hydrogen-bond acceptors (Lipinski definition) is 3. The van der Waals surface area contributed by atoms with Gasteiger partial charge in [0.15, 0.2) is 0 Å². The zero-order chi connectivity index (χ0) is 18.4. The zero-order valence-corrected chi connectivity index (χ0v) is 15.4. The summed E-state index contributed by atoms with van der Waals surface area (Å²) in [4.78, 5) is 27.5. The number of carboxylic acid groups (broad SMARTS) is 1. The van der Waals surface area contributed by atoms with Gasteiger partial charge in [0.25, 0.3) is 0 Å². The van der Waals surface area contributed by atoms with E-state index in [-0.39, 0.29) is 11.8 Å². The Hall–Kier alpha value is -1.88. The van der Waals surface area contributed by atoms with Gasteiger partial charge in [-0.05, 0) is 44.1 Å². The minimum absolute atomic E-state index is 0.0962. The number of rotatable bonds is 3. The van der Waals surface area contributed by atoms with Gasteiger partial charge in [-0.2, -0.15) is 0 Å².